The number of benzene rings is 1. The maximum absolute atomic E-state index is 13.8. The van der Waals surface area contributed by atoms with E-state index in [1.807, 2.05) is 0 Å². The van der Waals surface area contributed by atoms with Gasteiger partial charge in [-0.25, -0.2) is 8.78 Å². The van der Waals surface area contributed by atoms with Gasteiger partial charge < -0.3 is 5.32 Å². The fourth-order valence-corrected chi connectivity index (χ4v) is 4.16. The average Bonchev–Trinajstić information content (AvgIpc) is 3.08. The van der Waals surface area contributed by atoms with Gasteiger partial charge in [0.25, 0.3) is 0 Å². The highest BCUT2D eigenvalue weighted by Crippen LogP contribution is 2.49. The summed E-state index contributed by atoms with van der Waals surface area (Å²) in [4.78, 5) is 0. The van der Waals surface area contributed by atoms with Gasteiger partial charge in [0.1, 0.15) is 11.6 Å². The van der Waals surface area contributed by atoms with Gasteiger partial charge in [-0.05, 0) is 56.1 Å². The predicted octanol–water partition coefficient (Wildman–Crippen LogP) is 3.75. The molecule has 0 amide bonds. The van der Waals surface area contributed by atoms with E-state index in [4.69, 9.17) is 5.26 Å². The molecule has 1 aromatic carbocycles. The molecule has 21 heavy (non-hydrogen) atoms. The zero-order valence-electron chi connectivity index (χ0n) is 12.2. The van der Waals surface area contributed by atoms with Gasteiger partial charge >= 0.3 is 0 Å². The first-order chi connectivity index (χ1) is 10.1. The summed E-state index contributed by atoms with van der Waals surface area (Å²) in [6.07, 6.45) is 5.24. The summed E-state index contributed by atoms with van der Waals surface area (Å²) in [5.41, 5.74) is 0.0545. The lowest BCUT2D eigenvalue weighted by Crippen LogP contribution is -2.36. The number of hydrogen-bond acceptors (Lipinski definition) is 2. The molecule has 0 saturated heterocycles. The molecule has 1 aromatic rings. The highest BCUT2D eigenvalue weighted by Gasteiger charge is 2.41. The van der Waals surface area contributed by atoms with E-state index in [0.29, 0.717) is 5.92 Å². The van der Waals surface area contributed by atoms with Crippen molar-refractivity contribution in [2.75, 3.05) is 0 Å². The molecule has 0 spiro atoms. The lowest BCUT2D eigenvalue weighted by atomic mass is 9.84. The van der Waals surface area contributed by atoms with E-state index in [2.05, 4.69) is 12.2 Å². The molecule has 2 aliphatic carbocycles. The number of fused-ring (bicyclic) bond motifs is 2. The van der Waals surface area contributed by atoms with E-state index in [1.165, 1.54) is 25.7 Å². The van der Waals surface area contributed by atoms with Crippen LogP contribution >= 0.6 is 0 Å². The summed E-state index contributed by atoms with van der Waals surface area (Å²) in [5, 5.41) is 12.0. The molecule has 2 saturated carbocycles. The first-order valence-corrected chi connectivity index (χ1v) is 7.70. The third-order valence-electron chi connectivity index (χ3n) is 5.31. The molecule has 112 valence electrons. The Hall–Kier alpha value is -1.47. The zero-order chi connectivity index (χ0) is 15.0. The first kappa shape index (κ1) is 14.5. The number of nitrogens with one attached hydrogen (secondary N) is 1. The van der Waals surface area contributed by atoms with E-state index in [9.17, 15) is 8.78 Å². The van der Waals surface area contributed by atoms with Crippen molar-refractivity contribution < 1.29 is 8.78 Å². The van der Waals surface area contributed by atoms with E-state index < -0.39 is 11.6 Å². The van der Waals surface area contributed by atoms with Crippen molar-refractivity contribution in [3.05, 3.63) is 34.9 Å². The Kier molecular flexibility index (Phi) is 3.95. The number of nitrogens with zero attached hydrogens (tertiary/aromatic N) is 1. The number of rotatable bonds is 4. The summed E-state index contributed by atoms with van der Waals surface area (Å²) in [7, 11) is 0. The van der Waals surface area contributed by atoms with Gasteiger partial charge in [0.15, 0.2) is 0 Å². The minimum absolute atomic E-state index is 0.0231. The van der Waals surface area contributed by atoms with Crippen molar-refractivity contribution in [2.24, 2.45) is 17.8 Å². The molecule has 4 heteroatoms. The Morgan fingerprint density at radius 2 is 2.00 bits per heavy atom. The third kappa shape index (κ3) is 2.80. The van der Waals surface area contributed by atoms with Crippen molar-refractivity contribution >= 4 is 0 Å². The van der Waals surface area contributed by atoms with Crippen molar-refractivity contribution in [3.8, 4) is 6.07 Å². The number of nitriles is 1. The highest BCUT2D eigenvalue weighted by molar-refractivity contribution is 5.34. The Morgan fingerprint density at radius 3 is 2.52 bits per heavy atom. The predicted molar refractivity (Wildman–Crippen MR) is 76.3 cm³/mol. The van der Waals surface area contributed by atoms with Gasteiger partial charge in [0, 0.05) is 18.2 Å². The first-order valence-electron chi connectivity index (χ1n) is 7.70. The average molecular weight is 290 g/mol. The van der Waals surface area contributed by atoms with Crippen LogP contribution in [0.4, 0.5) is 8.78 Å². The van der Waals surface area contributed by atoms with Crippen LogP contribution in [-0.2, 0) is 6.54 Å². The maximum atomic E-state index is 13.8. The van der Waals surface area contributed by atoms with Gasteiger partial charge in [-0.15, -0.1) is 0 Å². The van der Waals surface area contributed by atoms with Crippen LogP contribution < -0.4 is 5.32 Å². The molecule has 0 heterocycles. The summed E-state index contributed by atoms with van der Waals surface area (Å²) < 4.78 is 27.7. The van der Waals surface area contributed by atoms with Gasteiger partial charge in [0.2, 0.25) is 0 Å². The van der Waals surface area contributed by atoms with Crippen LogP contribution in [0.5, 0.6) is 0 Å². The monoisotopic (exact) mass is 290 g/mol. The molecule has 4 unspecified atom stereocenters. The van der Waals surface area contributed by atoms with Crippen LogP contribution in [-0.4, -0.2) is 6.04 Å². The maximum Gasteiger partial charge on any atom is 0.131 e. The standard InChI is InChI=1S/C17H20F2N2/c1-10(14-5-11-2-3-13(14)4-11)21-9-15-16(18)6-12(8-20)7-17(15)19/h6-7,10-11,13-14,21H,2-5,9H2,1H3. The minimum atomic E-state index is -0.640. The summed E-state index contributed by atoms with van der Waals surface area (Å²) in [6.45, 7) is 2.29. The van der Waals surface area contributed by atoms with E-state index in [-0.39, 0.29) is 23.7 Å². The Bertz CT molecular complexity index is 556. The third-order valence-corrected chi connectivity index (χ3v) is 5.31. The lowest BCUT2D eigenvalue weighted by molar-refractivity contribution is 0.258. The molecular formula is C17H20F2N2. The second-order valence-electron chi connectivity index (χ2n) is 6.54. The largest absolute Gasteiger partial charge is 0.310 e. The Balaban J connectivity index is 1.64. The van der Waals surface area contributed by atoms with E-state index >= 15 is 0 Å². The van der Waals surface area contributed by atoms with Crippen LogP contribution in [0, 0.1) is 40.7 Å². The zero-order valence-corrected chi connectivity index (χ0v) is 12.2. The molecular weight excluding hydrogens is 270 g/mol. The molecule has 3 rings (SSSR count). The summed E-state index contributed by atoms with van der Waals surface area (Å²) in [6, 6.07) is 4.24. The molecule has 0 radical (unpaired) electrons. The summed E-state index contributed by atoms with van der Waals surface area (Å²) >= 11 is 0. The van der Waals surface area contributed by atoms with Crippen molar-refractivity contribution in [1.29, 1.82) is 5.26 Å². The fourth-order valence-electron chi connectivity index (χ4n) is 4.16. The van der Waals surface area contributed by atoms with Gasteiger partial charge in [-0.2, -0.15) is 5.26 Å². The molecule has 4 atom stereocenters. The number of halogens is 2. The molecule has 0 aromatic heterocycles. The Morgan fingerprint density at radius 1 is 1.29 bits per heavy atom. The molecule has 0 aliphatic heterocycles. The normalized spacial score (nSPS) is 28.6. The van der Waals surface area contributed by atoms with E-state index in [1.54, 1.807) is 6.07 Å². The number of hydrogen-bond donors (Lipinski definition) is 1. The fraction of sp³-hybridized carbons (Fsp3) is 0.588. The molecule has 1 N–H and O–H groups in total. The topological polar surface area (TPSA) is 35.8 Å². The van der Waals surface area contributed by atoms with E-state index in [0.717, 1.165) is 24.0 Å². The van der Waals surface area contributed by atoms with Crippen LogP contribution in [0.3, 0.4) is 0 Å². The van der Waals surface area contributed by atoms with Gasteiger partial charge in [0.05, 0.1) is 11.6 Å². The van der Waals surface area contributed by atoms with Crippen LogP contribution in [0.1, 0.15) is 43.7 Å². The highest BCUT2D eigenvalue weighted by atomic mass is 19.1. The smallest absolute Gasteiger partial charge is 0.131 e. The molecule has 2 aliphatic rings. The molecule has 2 nitrogen and oxygen atoms in total. The SMILES string of the molecule is CC(NCc1c(F)cc(C#N)cc1F)C1CC2CCC1C2. The summed E-state index contributed by atoms with van der Waals surface area (Å²) in [5.74, 6) is 1.01. The lowest BCUT2D eigenvalue weighted by Gasteiger charge is -2.28. The Labute approximate surface area is 124 Å². The molecule has 2 fully saturated rings. The second-order valence-corrected chi connectivity index (χ2v) is 6.54. The molecule has 2 bridgehead atoms. The van der Waals surface area contributed by atoms with Crippen molar-refractivity contribution in [3.63, 3.8) is 0 Å². The van der Waals surface area contributed by atoms with Crippen LogP contribution in [0.2, 0.25) is 0 Å². The van der Waals surface area contributed by atoms with Crippen LogP contribution in [0.15, 0.2) is 12.1 Å². The van der Waals surface area contributed by atoms with Crippen molar-refractivity contribution in [1.82, 2.24) is 5.32 Å². The van der Waals surface area contributed by atoms with Crippen molar-refractivity contribution in [2.45, 2.75) is 45.2 Å². The van der Waals surface area contributed by atoms with Crippen LogP contribution in [0.25, 0.3) is 0 Å². The second kappa shape index (κ2) is 5.73. The van der Waals surface area contributed by atoms with Gasteiger partial charge in [-0.3, -0.25) is 0 Å². The van der Waals surface area contributed by atoms with Gasteiger partial charge in [-0.1, -0.05) is 6.42 Å². The quantitative estimate of drug-likeness (QED) is 0.916. The minimum Gasteiger partial charge on any atom is -0.310 e.